The van der Waals surface area contributed by atoms with Gasteiger partial charge >= 0.3 is 0 Å². The van der Waals surface area contributed by atoms with Crippen LogP contribution in [-0.4, -0.2) is 85.6 Å². The number of rotatable bonds is 5. The van der Waals surface area contributed by atoms with Gasteiger partial charge in [-0.1, -0.05) is 24.3 Å². The zero-order chi connectivity index (χ0) is 19.8. The maximum absolute atomic E-state index is 11.5. The molecule has 2 heterocycles. The van der Waals surface area contributed by atoms with Gasteiger partial charge in [-0.05, 0) is 18.1 Å². The summed E-state index contributed by atoms with van der Waals surface area (Å²) in [5, 5.41) is 3.40. The van der Waals surface area contributed by atoms with Gasteiger partial charge < -0.3 is 19.9 Å². The number of benzene rings is 1. The second-order valence-electron chi connectivity index (χ2n) is 7.37. The average molecular weight is 388 g/mol. The summed E-state index contributed by atoms with van der Waals surface area (Å²) in [5.41, 5.74) is 2.55. The monoisotopic (exact) mass is 387 g/mol. The number of aliphatic imine (C=N–C) groups is 1. The molecule has 0 saturated carbocycles. The molecule has 1 amide bonds. The van der Waals surface area contributed by atoms with E-state index in [2.05, 4.69) is 46.3 Å². The van der Waals surface area contributed by atoms with Crippen molar-refractivity contribution < 1.29 is 9.53 Å². The molecule has 0 aliphatic carbocycles. The minimum Gasteiger partial charge on any atom is -0.379 e. The lowest BCUT2D eigenvalue weighted by Crippen LogP contribution is -2.53. The normalized spacial score (nSPS) is 19.0. The van der Waals surface area contributed by atoms with E-state index in [1.165, 1.54) is 11.1 Å². The number of carbonyl (C=O) groups excluding carboxylic acids is 1. The number of piperazine rings is 1. The van der Waals surface area contributed by atoms with E-state index < -0.39 is 0 Å². The number of carbonyl (C=O) groups is 1. The highest BCUT2D eigenvalue weighted by Crippen LogP contribution is 2.11. The zero-order valence-corrected chi connectivity index (χ0v) is 17.2. The molecular formula is C21H33N5O2. The molecule has 0 aromatic heterocycles. The van der Waals surface area contributed by atoms with Crippen molar-refractivity contribution in [3.05, 3.63) is 35.4 Å². The minimum atomic E-state index is 0.152. The molecule has 2 fully saturated rings. The molecule has 3 rings (SSSR count). The number of hydrogen-bond acceptors (Lipinski definition) is 4. The third-order valence-electron chi connectivity index (χ3n) is 5.27. The zero-order valence-electron chi connectivity index (χ0n) is 17.2. The average Bonchev–Trinajstić information content (AvgIpc) is 2.72. The highest BCUT2D eigenvalue weighted by molar-refractivity contribution is 5.80. The van der Waals surface area contributed by atoms with Crippen molar-refractivity contribution in [1.82, 2.24) is 20.0 Å². The van der Waals surface area contributed by atoms with Gasteiger partial charge in [-0.3, -0.25) is 9.69 Å². The van der Waals surface area contributed by atoms with Crippen LogP contribution in [0.25, 0.3) is 0 Å². The first-order valence-corrected chi connectivity index (χ1v) is 10.3. The van der Waals surface area contributed by atoms with E-state index in [0.717, 1.165) is 71.5 Å². The van der Waals surface area contributed by atoms with Crippen molar-refractivity contribution in [1.29, 1.82) is 0 Å². The van der Waals surface area contributed by atoms with Gasteiger partial charge in [-0.15, -0.1) is 0 Å². The van der Waals surface area contributed by atoms with E-state index in [1.54, 1.807) is 6.92 Å². The van der Waals surface area contributed by atoms with Gasteiger partial charge in [0.15, 0.2) is 5.96 Å². The van der Waals surface area contributed by atoms with Crippen molar-refractivity contribution in [2.75, 3.05) is 59.0 Å². The second kappa shape index (κ2) is 10.4. The number of nitrogens with zero attached hydrogens (tertiary/aromatic N) is 4. The Kier molecular flexibility index (Phi) is 7.68. The van der Waals surface area contributed by atoms with Crippen LogP contribution in [0.15, 0.2) is 29.3 Å². The topological polar surface area (TPSA) is 60.4 Å². The van der Waals surface area contributed by atoms with E-state index in [4.69, 9.17) is 9.73 Å². The molecule has 2 saturated heterocycles. The lowest BCUT2D eigenvalue weighted by Gasteiger charge is -2.36. The Morgan fingerprint density at radius 2 is 1.75 bits per heavy atom. The van der Waals surface area contributed by atoms with Crippen LogP contribution >= 0.6 is 0 Å². The first-order valence-electron chi connectivity index (χ1n) is 10.3. The minimum absolute atomic E-state index is 0.152. The maximum Gasteiger partial charge on any atom is 0.219 e. The summed E-state index contributed by atoms with van der Waals surface area (Å²) in [6, 6.07) is 8.72. The summed E-state index contributed by atoms with van der Waals surface area (Å²) in [5.74, 6) is 1.09. The SMILES string of the molecule is CCNC(=NCc1cccc(CN2CCOCC2)c1)N1CCN(C(C)=O)CC1. The van der Waals surface area contributed by atoms with Crippen LogP contribution in [0.3, 0.4) is 0 Å². The van der Waals surface area contributed by atoms with Crippen molar-refractivity contribution in [3.8, 4) is 0 Å². The van der Waals surface area contributed by atoms with Gasteiger partial charge in [0.2, 0.25) is 5.91 Å². The third kappa shape index (κ3) is 5.94. The van der Waals surface area contributed by atoms with E-state index in [-0.39, 0.29) is 5.91 Å². The Balaban J connectivity index is 1.59. The molecule has 28 heavy (non-hydrogen) atoms. The fourth-order valence-electron chi connectivity index (χ4n) is 3.67. The molecule has 0 unspecified atom stereocenters. The first-order chi connectivity index (χ1) is 13.7. The molecule has 1 aromatic carbocycles. The Morgan fingerprint density at radius 1 is 1.07 bits per heavy atom. The van der Waals surface area contributed by atoms with Crippen molar-refractivity contribution in [2.24, 2.45) is 4.99 Å². The smallest absolute Gasteiger partial charge is 0.219 e. The molecule has 2 aliphatic heterocycles. The Morgan fingerprint density at radius 3 is 2.43 bits per heavy atom. The van der Waals surface area contributed by atoms with Crippen LogP contribution in [0.1, 0.15) is 25.0 Å². The first kappa shape index (κ1) is 20.6. The van der Waals surface area contributed by atoms with E-state index in [9.17, 15) is 4.79 Å². The fourth-order valence-corrected chi connectivity index (χ4v) is 3.67. The molecule has 1 aromatic rings. The third-order valence-corrected chi connectivity index (χ3v) is 5.27. The van der Waals surface area contributed by atoms with Crippen LogP contribution in [0.5, 0.6) is 0 Å². The predicted octanol–water partition coefficient (Wildman–Crippen LogP) is 1.15. The second-order valence-corrected chi connectivity index (χ2v) is 7.37. The summed E-state index contributed by atoms with van der Waals surface area (Å²) in [6.07, 6.45) is 0. The van der Waals surface area contributed by atoms with E-state index in [1.807, 2.05) is 4.90 Å². The number of hydrogen-bond donors (Lipinski definition) is 1. The standard InChI is InChI=1S/C21H33N5O2/c1-3-22-21(26-9-7-25(8-10-26)18(2)27)23-16-19-5-4-6-20(15-19)17-24-11-13-28-14-12-24/h4-6,15H,3,7-14,16-17H2,1-2H3,(H,22,23). The summed E-state index contributed by atoms with van der Waals surface area (Å²) in [4.78, 5) is 23.0. The number of morpholine rings is 1. The lowest BCUT2D eigenvalue weighted by molar-refractivity contribution is -0.130. The van der Waals surface area contributed by atoms with Crippen LogP contribution in [0, 0.1) is 0 Å². The molecule has 7 heteroatoms. The van der Waals surface area contributed by atoms with E-state index >= 15 is 0 Å². The van der Waals surface area contributed by atoms with Gasteiger partial charge in [0, 0.05) is 59.3 Å². The number of ether oxygens (including phenoxy) is 1. The van der Waals surface area contributed by atoms with E-state index in [0.29, 0.717) is 6.54 Å². The Bertz CT molecular complexity index is 665. The molecule has 154 valence electrons. The summed E-state index contributed by atoms with van der Waals surface area (Å²) < 4.78 is 5.43. The largest absolute Gasteiger partial charge is 0.379 e. The molecule has 0 radical (unpaired) electrons. The Labute approximate surface area is 168 Å². The van der Waals surface area contributed by atoms with Crippen molar-refractivity contribution >= 4 is 11.9 Å². The summed E-state index contributed by atoms with van der Waals surface area (Å²) >= 11 is 0. The molecule has 0 atom stereocenters. The Hall–Kier alpha value is -2.12. The molecule has 7 nitrogen and oxygen atoms in total. The quantitative estimate of drug-likeness (QED) is 0.607. The predicted molar refractivity (Wildman–Crippen MR) is 111 cm³/mol. The molecule has 0 bridgehead atoms. The van der Waals surface area contributed by atoms with Crippen molar-refractivity contribution in [2.45, 2.75) is 26.9 Å². The number of guanidine groups is 1. The molecule has 2 aliphatic rings. The molecule has 0 spiro atoms. The molecular weight excluding hydrogens is 354 g/mol. The van der Waals surface area contributed by atoms with Gasteiger partial charge in [0.05, 0.1) is 19.8 Å². The number of nitrogens with one attached hydrogen (secondary N) is 1. The van der Waals surface area contributed by atoms with Crippen LogP contribution in [-0.2, 0) is 22.6 Å². The van der Waals surface area contributed by atoms with Crippen LogP contribution in [0.4, 0.5) is 0 Å². The van der Waals surface area contributed by atoms with Crippen LogP contribution < -0.4 is 5.32 Å². The van der Waals surface area contributed by atoms with Gasteiger partial charge in [0.1, 0.15) is 0 Å². The number of amides is 1. The fraction of sp³-hybridized carbons (Fsp3) is 0.619. The highest BCUT2D eigenvalue weighted by Gasteiger charge is 2.20. The lowest BCUT2D eigenvalue weighted by atomic mass is 10.1. The van der Waals surface area contributed by atoms with Crippen molar-refractivity contribution in [3.63, 3.8) is 0 Å². The maximum atomic E-state index is 11.5. The summed E-state index contributed by atoms with van der Waals surface area (Å²) in [7, 11) is 0. The van der Waals surface area contributed by atoms with Crippen LogP contribution in [0.2, 0.25) is 0 Å². The van der Waals surface area contributed by atoms with Gasteiger partial charge in [0.25, 0.3) is 0 Å². The van der Waals surface area contributed by atoms with Gasteiger partial charge in [-0.2, -0.15) is 0 Å². The van der Waals surface area contributed by atoms with Gasteiger partial charge in [-0.25, -0.2) is 4.99 Å². The summed E-state index contributed by atoms with van der Waals surface area (Å²) in [6.45, 7) is 13.0. The highest BCUT2D eigenvalue weighted by atomic mass is 16.5. The molecule has 1 N–H and O–H groups in total.